The second-order valence-corrected chi connectivity index (χ2v) is 4.53. The third kappa shape index (κ3) is 1.89. The monoisotopic (exact) mass is 231 g/mol. The van der Waals surface area contributed by atoms with Crippen molar-refractivity contribution >= 4 is 16.7 Å². The molecule has 0 aliphatic carbocycles. The van der Waals surface area contributed by atoms with Crippen LogP contribution in [0.1, 0.15) is 12.8 Å². The van der Waals surface area contributed by atoms with Crippen molar-refractivity contribution < 1.29 is 5.11 Å². The van der Waals surface area contributed by atoms with Gasteiger partial charge in [0.25, 0.3) is 0 Å². The Morgan fingerprint density at radius 3 is 2.82 bits per heavy atom. The van der Waals surface area contributed by atoms with Crippen LogP contribution >= 0.6 is 0 Å². The molecule has 0 saturated carbocycles. The van der Waals surface area contributed by atoms with E-state index >= 15 is 0 Å². The summed E-state index contributed by atoms with van der Waals surface area (Å²) in [6.07, 6.45) is 4.38. The Labute approximate surface area is 100 Å². The number of fused-ring (bicyclic) bond motifs is 1. The molecule has 17 heavy (non-hydrogen) atoms. The first-order chi connectivity index (χ1) is 8.38. The molecule has 0 amide bonds. The number of anilines is 1. The van der Waals surface area contributed by atoms with E-state index in [9.17, 15) is 0 Å². The van der Waals surface area contributed by atoms with Gasteiger partial charge in [0.1, 0.15) is 0 Å². The van der Waals surface area contributed by atoms with Gasteiger partial charge in [0.15, 0.2) is 0 Å². The summed E-state index contributed by atoms with van der Waals surface area (Å²) < 4.78 is 1.99. The molecular weight excluding hydrogens is 214 g/mol. The van der Waals surface area contributed by atoms with Gasteiger partial charge >= 0.3 is 0 Å². The molecule has 1 aromatic carbocycles. The van der Waals surface area contributed by atoms with E-state index in [1.54, 1.807) is 6.33 Å². The second kappa shape index (κ2) is 4.37. The SMILES string of the molecule is OCCn1cnc2cc(N3CCCC3)ccc21. The molecular formula is C13H17N3O. The highest BCUT2D eigenvalue weighted by Crippen LogP contribution is 2.24. The third-order valence-electron chi connectivity index (χ3n) is 3.42. The van der Waals surface area contributed by atoms with Crippen LogP contribution in [0.4, 0.5) is 5.69 Å². The Morgan fingerprint density at radius 1 is 1.24 bits per heavy atom. The van der Waals surface area contributed by atoms with Crippen LogP contribution < -0.4 is 4.90 Å². The Morgan fingerprint density at radius 2 is 2.06 bits per heavy atom. The molecule has 1 aliphatic heterocycles. The van der Waals surface area contributed by atoms with Gasteiger partial charge in [-0.15, -0.1) is 0 Å². The third-order valence-corrected chi connectivity index (χ3v) is 3.42. The summed E-state index contributed by atoms with van der Waals surface area (Å²) in [5.74, 6) is 0. The molecule has 0 radical (unpaired) electrons. The lowest BCUT2D eigenvalue weighted by atomic mass is 10.2. The smallest absolute Gasteiger partial charge is 0.0959 e. The maximum Gasteiger partial charge on any atom is 0.0959 e. The van der Waals surface area contributed by atoms with Crippen molar-refractivity contribution in [1.29, 1.82) is 0 Å². The van der Waals surface area contributed by atoms with Gasteiger partial charge in [-0.25, -0.2) is 4.98 Å². The first kappa shape index (κ1) is 10.6. The fourth-order valence-electron chi connectivity index (χ4n) is 2.51. The molecule has 0 spiro atoms. The lowest BCUT2D eigenvalue weighted by Gasteiger charge is -2.17. The molecule has 1 aromatic heterocycles. The van der Waals surface area contributed by atoms with Gasteiger partial charge in [0.05, 0.1) is 24.0 Å². The van der Waals surface area contributed by atoms with Crippen LogP contribution in [0.25, 0.3) is 11.0 Å². The van der Waals surface area contributed by atoms with Gasteiger partial charge in [0.2, 0.25) is 0 Å². The number of aliphatic hydroxyl groups is 1. The van der Waals surface area contributed by atoms with Crippen LogP contribution in [0.5, 0.6) is 0 Å². The summed E-state index contributed by atoms with van der Waals surface area (Å²) in [5.41, 5.74) is 3.38. The Balaban J connectivity index is 1.96. The lowest BCUT2D eigenvalue weighted by Crippen LogP contribution is -2.17. The standard InChI is InChI=1S/C13H17N3O/c17-8-7-16-10-14-12-9-11(3-4-13(12)16)15-5-1-2-6-15/h3-4,9-10,17H,1-2,5-8H2. The predicted octanol–water partition coefficient (Wildman–Crippen LogP) is 1.63. The molecule has 1 fully saturated rings. The molecule has 0 bridgehead atoms. The zero-order valence-electron chi connectivity index (χ0n) is 9.84. The molecule has 4 nitrogen and oxygen atoms in total. The molecule has 1 aliphatic rings. The molecule has 0 unspecified atom stereocenters. The molecule has 3 rings (SSSR count). The maximum absolute atomic E-state index is 8.97. The number of rotatable bonds is 3. The molecule has 2 heterocycles. The number of nitrogens with zero attached hydrogens (tertiary/aromatic N) is 3. The number of hydrogen-bond donors (Lipinski definition) is 1. The summed E-state index contributed by atoms with van der Waals surface area (Å²) >= 11 is 0. The van der Waals surface area contributed by atoms with Crippen LogP contribution in [0, 0.1) is 0 Å². The number of hydrogen-bond acceptors (Lipinski definition) is 3. The predicted molar refractivity (Wildman–Crippen MR) is 68.3 cm³/mol. The van der Waals surface area contributed by atoms with Gasteiger partial charge in [-0.1, -0.05) is 0 Å². The molecule has 1 saturated heterocycles. The normalized spacial score (nSPS) is 15.9. The van der Waals surface area contributed by atoms with Crippen LogP contribution in [-0.4, -0.2) is 34.4 Å². The van der Waals surface area contributed by atoms with E-state index < -0.39 is 0 Å². The fourth-order valence-corrected chi connectivity index (χ4v) is 2.51. The van der Waals surface area contributed by atoms with Crippen molar-refractivity contribution in [3.05, 3.63) is 24.5 Å². The number of imidazole rings is 1. The zero-order chi connectivity index (χ0) is 11.7. The van der Waals surface area contributed by atoms with Crippen LogP contribution in [-0.2, 0) is 6.54 Å². The second-order valence-electron chi connectivity index (χ2n) is 4.53. The van der Waals surface area contributed by atoms with Crippen molar-refractivity contribution in [1.82, 2.24) is 9.55 Å². The van der Waals surface area contributed by atoms with Crippen LogP contribution in [0.3, 0.4) is 0 Å². The molecule has 4 heteroatoms. The highest BCUT2D eigenvalue weighted by atomic mass is 16.3. The zero-order valence-corrected chi connectivity index (χ0v) is 9.84. The molecule has 90 valence electrons. The summed E-state index contributed by atoms with van der Waals surface area (Å²) in [4.78, 5) is 6.80. The summed E-state index contributed by atoms with van der Waals surface area (Å²) in [5, 5.41) is 8.97. The number of aromatic nitrogens is 2. The minimum absolute atomic E-state index is 0.152. The minimum Gasteiger partial charge on any atom is -0.395 e. The minimum atomic E-state index is 0.152. The molecule has 0 atom stereocenters. The fraction of sp³-hybridized carbons (Fsp3) is 0.462. The average molecular weight is 231 g/mol. The Hall–Kier alpha value is -1.55. The van der Waals surface area contributed by atoms with Crippen molar-refractivity contribution in [2.75, 3.05) is 24.6 Å². The van der Waals surface area contributed by atoms with E-state index in [1.165, 1.54) is 18.5 Å². The molecule has 1 N–H and O–H groups in total. The average Bonchev–Trinajstić information content (AvgIpc) is 2.98. The maximum atomic E-state index is 8.97. The topological polar surface area (TPSA) is 41.3 Å². The van der Waals surface area contributed by atoms with Crippen molar-refractivity contribution in [3.8, 4) is 0 Å². The van der Waals surface area contributed by atoms with Gasteiger partial charge in [0, 0.05) is 25.3 Å². The largest absolute Gasteiger partial charge is 0.395 e. The lowest BCUT2D eigenvalue weighted by molar-refractivity contribution is 0.278. The van der Waals surface area contributed by atoms with E-state index in [0.717, 1.165) is 24.1 Å². The van der Waals surface area contributed by atoms with Crippen molar-refractivity contribution in [3.63, 3.8) is 0 Å². The van der Waals surface area contributed by atoms with E-state index in [2.05, 4.69) is 28.1 Å². The van der Waals surface area contributed by atoms with Gasteiger partial charge in [-0.3, -0.25) is 0 Å². The first-order valence-electron chi connectivity index (χ1n) is 6.19. The van der Waals surface area contributed by atoms with Crippen molar-refractivity contribution in [2.45, 2.75) is 19.4 Å². The van der Waals surface area contributed by atoms with E-state index in [1.807, 2.05) is 4.57 Å². The Kier molecular flexibility index (Phi) is 2.73. The number of aliphatic hydroxyl groups excluding tert-OH is 1. The first-order valence-corrected chi connectivity index (χ1v) is 6.19. The summed E-state index contributed by atoms with van der Waals surface area (Å²) in [6, 6.07) is 6.41. The van der Waals surface area contributed by atoms with Gasteiger partial charge in [-0.2, -0.15) is 0 Å². The number of benzene rings is 1. The Bertz CT molecular complexity index is 514. The van der Waals surface area contributed by atoms with E-state index in [4.69, 9.17) is 5.11 Å². The summed E-state index contributed by atoms with van der Waals surface area (Å²) in [7, 11) is 0. The highest BCUT2D eigenvalue weighted by Gasteiger charge is 2.13. The van der Waals surface area contributed by atoms with Gasteiger partial charge in [-0.05, 0) is 31.0 Å². The van der Waals surface area contributed by atoms with Crippen LogP contribution in [0.2, 0.25) is 0 Å². The van der Waals surface area contributed by atoms with Gasteiger partial charge < -0.3 is 14.6 Å². The van der Waals surface area contributed by atoms with E-state index in [0.29, 0.717) is 6.54 Å². The van der Waals surface area contributed by atoms with Crippen molar-refractivity contribution in [2.24, 2.45) is 0 Å². The quantitative estimate of drug-likeness (QED) is 0.873. The molecule has 2 aromatic rings. The summed E-state index contributed by atoms with van der Waals surface area (Å²) in [6.45, 7) is 3.07. The highest BCUT2D eigenvalue weighted by molar-refractivity contribution is 5.79. The van der Waals surface area contributed by atoms with Crippen LogP contribution in [0.15, 0.2) is 24.5 Å². The van der Waals surface area contributed by atoms with E-state index in [-0.39, 0.29) is 6.61 Å².